The highest BCUT2D eigenvalue weighted by molar-refractivity contribution is 7.17. The summed E-state index contributed by atoms with van der Waals surface area (Å²) < 4.78 is 5.51. The van der Waals surface area contributed by atoms with Crippen molar-refractivity contribution >= 4 is 27.4 Å². The SMILES string of the molecule is CC(c1ccccn1)N(C)c1nc(CN2CCOCC2)nc2scc(-c3ccccc3)c12. The van der Waals surface area contributed by atoms with E-state index in [9.17, 15) is 0 Å². The molecule has 0 aliphatic carbocycles. The Morgan fingerprint density at radius 1 is 1.06 bits per heavy atom. The lowest BCUT2D eigenvalue weighted by Crippen LogP contribution is -2.36. The van der Waals surface area contributed by atoms with Gasteiger partial charge in [-0.05, 0) is 24.6 Å². The van der Waals surface area contributed by atoms with Gasteiger partial charge in [-0.15, -0.1) is 11.3 Å². The molecule has 5 rings (SSSR count). The van der Waals surface area contributed by atoms with E-state index in [-0.39, 0.29) is 6.04 Å². The molecule has 4 aromatic rings. The summed E-state index contributed by atoms with van der Waals surface area (Å²) in [6, 6.07) is 16.6. The van der Waals surface area contributed by atoms with E-state index in [0.29, 0.717) is 0 Å². The second-order valence-corrected chi connectivity index (χ2v) is 8.95. The molecule has 0 saturated carbocycles. The Kier molecular flexibility index (Phi) is 6.12. The lowest BCUT2D eigenvalue weighted by atomic mass is 10.1. The molecule has 1 unspecified atom stereocenters. The van der Waals surface area contributed by atoms with Crippen molar-refractivity contribution in [3.8, 4) is 11.1 Å². The van der Waals surface area contributed by atoms with E-state index in [2.05, 4.69) is 64.5 Å². The highest BCUT2D eigenvalue weighted by Crippen LogP contribution is 2.39. The zero-order chi connectivity index (χ0) is 21.9. The van der Waals surface area contributed by atoms with Crippen LogP contribution >= 0.6 is 11.3 Å². The molecule has 1 fully saturated rings. The van der Waals surface area contributed by atoms with Crippen molar-refractivity contribution in [3.05, 3.63) is 71.6 Å². The van der Waals surface area contributed by atoms with Crippen LogP contribution in [0.15, 0.2) is 60.1 Å². The Bertz CT molecular complexity index is 1180. The van der Waals surface area contributed by atoms with Gasteiger partial charge in [0.25, 0.3) is 0 Å². The highest BCUT2D eigenvalue weighted by Gasteiger charge is 2.23. The maximum atomic E-state index is 5.51. The van der Waals surface area contributed by atoms with Crippen LogP contribution in [0.1, 0.15) is 24.5 Å². The number of nitrogens with zero attached hydrogens (tertiary/aromatic N) is 5. The smallest absolute Gasteiger partial charge is 0.146 e. The molecular weight excluding hydrogens is 418 g/mol. The third-order valence-corrected chi connectivity index (χ3v) is 6.92. The summed E-state index contributed by atoms with van der Waals surface area (Å²) in [7, 11) is 2.10. The third kappa shape index (κ3) is 4.24. The second kappa shape index (κ2) is 9.32. The number of aromatic nitrogens is 3. The van der Waals surface area contributed by atoms with Crippen LogP contribution in [0.3, 0.4) is 0 Å². The first-order valence-electron chi connectivity index (χ1n) is 11.0. The van der Waals surface area contributed by atoms with Crippen LogP contribution in [-0.4, -0.2) is 53.2 Å². The topological polar surface area (TPSA) is 54.4 Å². The Hall–Kier alpha value is -2.87. The monoisotopic (exact) mass is 445 g/mol. The van der Waals surface area contributed by atoms with Crippen molar-refractivity contribution in [3.63, 3.8) is 0 Å². The zero-order valence-corrected chi connectivity index (χ0v) is 19.3. The summed E-state index contributed by atoms with van der Waals surface area (Å²) in [6.45, 7) is 6.27. The molecule has 0 N–H and O–H groups in total. The molecule has 4 heterocycles. The van der Waals surface area contributed by atoms with Gasteiger partial charge in [0.2, 0.25) is 0 Å². The molecule has 3 aromatic heterocycles. The van der Waals surface area contributed by atoms with Gasteiger partial charge in [0.1, 0.15) is 16.5 Å². The van der Waals surface area contributed by atoms with Gasteiger partial charge in [-0.1, -0.05) is 36.4 Å². The minimum atomic E-state index is 0.0778. The van der Waals surface area contributed by atoms with Gasteiger partial charge < -0.3 is 9.64 Å². The average Bonchev–Trinajstić information content (AvgIpc) is 3.28. The van der Waals surface area contributed by atoms with Gasteiger partial charge in [0.15, 0.2) is 0 Å². The van der Waals surface area contributed by atoms with E-state index in [1.54, 1.807) is 11.3 Å². The number of pyridine rings is 1. The standard InChI is InChI=1S/C25H27N5OS/c1-18(21-10-6-7-11-26-21)29(2)24-23-20(19-8-4-3-5-9-19)17-32-25(23)28-22(27-24)16-30-12-14-31-15-13-30/h3-11,17-18H,12-16H2,1-2H3. The maximum Gasteiger partial charge on any atom is 0.146 e. The van der Waals surface area contributed by atoms with Crippen molar-refractivity contribution in [2.75, 3.05) is 38.3 Å². The molecule has 0 amide bonds. The number of rotatable bonds is 6. The van der Waals surface area contributed by atoms with Crippen molar-refractivity contribution in [1.82, 2.24) is 19.9 Å². The van der Waals surface area contributed by atoms with Gasteiger partial charge in [0.05, 0.1) is 36.9 Å². The zero-order valence-electron chi connectivity index (χ0n) is 18.4. The summed E-state index contributed by atoms with van der Waals surface area (Å²) in [4.78, 5) is 20.3. The maximum absolute atomic E-state index is 5.51. The lowest BCUT2D eigenvalue weighted by Gasteiger charge is -2.28. The number of fused-ring (bicyclic) bond motifs is 1. The lowest BCUT2D eigenvalue weighted by molar-refractivity contribution is 0.0331. The van der Waals surface area contributed by atoms with Crippen LogP contribution in [0, 0.1) is 0 Å². The van der Waals surface area contributed by atoms with E-state index in [4.69, 9.17) is 14.7 Å². The molecule has 1 aliphatic heterocycles. The Morgan fingerprint density at radius 2 is 1.84 bits per heavy atom. The second-order valence-electron chi connectivity index (χ2n) is 8.09. The van der Waals surface area contributed by atoms with E-state index in [1.165, 1.54) is 11.1 Å². The number of hydrogen-bond acceptors (Lipinski definition) is 7. The average molecular weight is 446 g/mol. The number of hydrogen-bond donors (Lipinski definition) is 0. The van der Waals surface area contributed by atoms with Gasteiger partial charge in [-0.25, -0.2) is 9.97 Å². The van der Waals surface area contributed by atoms with Crippen LogP contribution in [0.25, 0.3) is 21.3 Å². The molecule has 1 aromatic carbocycles. The van der Waals surface area contributed by atoms with Crippen LogP contribution in [0.4, 0.5) is 5.82 Å². The predicted octanol–water partition coefficient (Wildman–Crippen LogP) is 4.78. The molecule has 0 spiro atoms. The van der Waals surface area contributed by atoms with Gasteiger partial charge in [-0.2, -0.15) is 0 Å². The fourth-order valence-electron chi connectivity index (χ4n) is 4.09. The summed E-state index contributed by atoms with van der Waals surface area (Å²) in [5.41, 5.74) is 3.38. The molecule has 0 bridgehead atoms. The molecule has 1 aliphatic rings. The Labute approximate surface area is 192 Å². The normalized spacial score (nSPS) is 15.7. The summed E-state index contributed by atoms with van der Waals surface area (Å²) >= 11 is 1.69. The van der Waals surface area contributed by atoms with Crippen LogP contribution in [-0.2, 0) is 11.3 Å². The van der Waals surface area contributed by atoms with Crippen LogP contribution in [0.2, 0.25) is 0 Å². The number of thiophene rings is 1. The van der Waals surface area contributed by atoms with Crippen LogP contribution < -0.4 is 4.90 Å². The number of benzene rings is 1. The van der Waals surface area contributed by atoms with Crippen molar-refractivity contribution in [1.29, 1.82) is 0 Å². The van der Waals surface area contributed by atoms with Crippen molar-refractivity contribution in [2.24, 2.45) is 0 Å². The highest BCUT2D eigenvalue weighted by atomic mass is 32.1. The fraction of sp³-hybridized carbons (Fsp3) is 0.320. The molecule has 1 atom stereocenters. The van der Waals surface area contributed by atoms with Gasteiger partial charge in [0, 0.05) is 37.3 Å². The van der Waals surface area contributed by atoms with Gasteiger partial charge >= 0.3 is 0 Å². The number of ether oxygens (including phenoxy) is 1. The largest absolute Gasteiger partial charge is 0.379 e. The van der Waals surface area contributed by atoms with Crippen LogP contribution in [0.5, 0.6) is 0 Å². The molecular formula is C25H27N5OS. The molecule has 0 radical (unpaired) electrons. The predicted molar refractivity (Wildman–Crippen MR) is 130 cm³/mol. The van der Waals surface area contributed by atoms with E-state index < -0.39 is 0 Å². The number of anilines is 1. The third-order valence-electron chi connectivity index (χ3n) is 6.05. The van der Waals surface area contributed by atoms with Crippen molar-refractivity contribution < 1.29 is 4.74 Å². The minimum Gasteiger partial charge on any atom is -0.379 e. The first kappa shape index (κ1) is 21.0. The Morgan fingerprint density at radius 3 is 2.59 bits per heavy atom. The molecule has 7 heteroatoms. The van der Waals surface area contributed by atoms with E-state index in [1.807, 2.05) is 24.4 Å². The summed E-state index contributed by atoms with van der Waals surface area (Å²) in [5, 5.41) is 3.31. The first-order valence-corrected chi connectivity index (χ1v) is 11.9. The van der Waals surface area contributed by atoms with Crippen molar-refractivity contribution in [2.45, 2.75) is 19.5 Å². The summed E-state index contributed by atoms with van der Waals surface area (Å²) in [5.74, 6) is 1.81. The molecule has 32 heavy (non-hydrogen) atoms. The Balaban J connectivity index is 1.60. The number of morpholine rings is 1. The van der Waals surface area contributed by atoms with E-state index in [0.717, 1.165) is 60.4 Å². The molecule has 6 nitrogen and oxygen atoms in total. The molecule has 1 saturated heterocycles. The quantitative estimate of drug-likeness (QED) is 0.426. The minimum absolute atomic E-state index is 0.0778. The van der Waals surface area contributed by atoms with E-state index >= 15 is 0 Å². The van der Waals surface area contributed by atoms with Gasteiger partial charge in [-0.3, -0.25) is 9.88 Å². The summed E-state index contributed by atoms with van der Waals surface area (Å²) in [6.07, 6.45) is 1.85. The first-order chi connectivity index (χ1) is 15.7. The molecule has 164 valence electrons. The fourth-order valence-corrected chi connectivity index (χ4v) is 5.05.